The Morgan fingerprint density at radius 1 is 1.13 bits per heavy atom. The van der Waals surface area contributed by atoms with E-state index in [1.54, 1.807) is 12.3 Å². The molecular formula is C23H29ClN4O2. The minimum Gasteiger partial charge on any atom is -0.492 e. The largest absolute Gasteiger partial charge is 0.492 e. The average molecular weight is 429 g/mol. The molecule has 0 atom stereocenters. The summed E-state index contributed by atoms with van der Waals surface area (Å²) < 4.78 is 5.80. The zero-order chi connectivity index (χ0) is 20.8. The predicted octanol–water partition coefficient (Wildman–Crippen LogP) is 3.61. The highest BCUT2D eigenvalue weighted by Crippen LogP contribution is 2.26. The fourth-order valence-corrected chi connectivity index (χ4v) is 4.40. The molecule has 0 unspecified atom stereocenters. The summed E-state index contributed by atoms with van der Waals surface area (Å²) in [4.78, 5) is 21.5. The molecule has 30 heavy (non-hydrogen) atoms. The van der Waals surface area contributed by atoms with Crippen LogP contribution in [0.2, 0.25) is 5.02 Å². The molecular weight excluding hydrogens is 400 g/mol. The van der Waals surface area contributed by atoms with Crippen LogP contribution in [0.15, 0.2) is 42.6 Å². The van der Waals surface area contributed by atoms with Crippen LogP contribution < -0.4 is 15.0 Å². The number of hydrogen-bond acceptors (Lipinski definition) is 5. The van der Waals surface area contributed by atoms with Crippen molar-refractivity contribution in [2.45, 2.75) is 31.7 Å². The van der Waals surface area contributed by atoms with Gasteiger partial charge < -0.3 is 15.0 Å². The molecule has 2 aliphatic rings. The van der Waals surface area contributed by atoms with E-state index in [0.717, 1.165) is 57.1 Å². The van der Waals surface area contributed by atoms with Gasteiger partial charge in [-0.25, -0.2) is 4.98 Å². The molecule has 0 radical (unpaired) electrons. The highest BCUT2D eigenvalue weighted by Gasteiger charge is 2.22. The third-order valence-corrected chi connectivity index (χ3v) is 6.14. The number of amides is 1. The van der Waals surface area contributed by atoms with Crippen molar-refractivity contribution in [2.75, 3.05) is 44.2 Å². The minimum atomic E-state index is -0.0777. The van der Waals surface area contributed by atoms with Crippen molar-refractivity contribution in [3.05, 3.63) is 53.2 Å². The lowest BCUT2D eigenvalue weighted by Gasteiger charge is -2.35. The van der Waals surface area contributed by atoms with Crippen LogP contribution in [-0.4, -0.2) is 61.2 Å². The van der Waals surface area contributed by atoms with Gasteiger partial charge in [-0.2, -0.15) is 0 Å². The molecule has 1 aliphatic heterocycles. The third kappa shape index (κ3) is 5.43. The molecule has 1 aliphatic carbocycles. The molecule has 1 aromatic carbocycles. The van der Waals surface area contributed by atoms with E-state index in [4.69, 9.17) is 16.3 Å². The van der Waals surface area contributed by atoms with Crippen molar-refractivity contribution in [2.24, 2.45) is 0 Å². The number of carbonyl (C=O) groups excluding carboxylic acids is 1. The first-order valence-corrected chi connectivity index (χ1v) is 11.2. The van der Waals surface area contributed by atoms with Gasteiger partial charge in [0.15, 0.2) is 0 Å². The quantitative estimate of drug-likeness (QED) is 0.730. The Kier molecular flexibility index (Phi) is 7.07. The van der Waals surface area contributed by atoms with Crippen LogP contribution in [-0.2, 0) is 0 Å². The van der Waals surface area contributed by atoms with Crippen molar-refractivity contribution in [1.29, 1.82) is 0 Å². The van der Waals surface area contributed by atoms with E-state index < -0.39 is 0 Å². The molecule has 4 rings (SSSR count). The van der Waals surface area contributed by atoms with Gasteiger partial charge in [-0.05, 0) is 31.0 Å². The Hall–Kier alpha value is -2.31. The number of ether oxygens (including phenoxy) is 1. The molecule has 1 aromatic heterocycles. The summed E-state index contributed by atoms with van der Waals surface area (Å²) in [7, 11) is 0. The van der Waals surface area contributed by atoms with E-state index in [1.165, 1.54) is 12.8 Å². The number of benzene rings is 1. The minimum absolute atomic E-state index is 0.0777. The van der Waals surface area contributed by atoms with E-state index in [0.29, 0.717) is 17.2 Å². The number of nitrogens with zero attached hydrogens (tertiary/aromatic N) is 3. The van der Waals surface area contributed by atoms with Gasteiger partial charge in [-0.1, -0.05) is 42.6 Å². The van der Waals surface area contributed by atoms with Gasteiger partial charge >= 0.3 is 0 Å². The Labute approximate surface area is 183 Å². The number of aromatic nitrogens is 1. The van der Waals surface area contributed by atoms with Gasteiger partial charge in [0.05, 0.1) is 10.6 Å². The number of halogens is 1. The summed E-state index contributed by atoms with van der Waals surface area (Å²) in [5, 5.41) is 3.63. The molecule has 2 fully saturated rings. The Bertz CT molecular complexity index is 834. The van der Waals surface area contributed by atoms with Crippen molar-refractivity contribution in [1.82, 2.24) is 15.2 Å². The summed E-state index contributed by atoms with van der Waals surface area (Å²) in [6, 6.07) is 11.9. The first-order chi connectivity index (χ1) is 14.7. The molecule has 1 saturated carbocycles. The summed E-state index contributed by atoms with van der Waals surface area (Å²) in [5.74, 6) is 1.59. The van der Waals surface area contributed by atoms with E-state index in [9.17, 15) is 4.79 Å². The third-order valence-electron chi connectivity index (χ3n) is 5.87. The second-order valence-corrected chi connectivity index (χ2v) is 8.38. The molecule has 1 N–H and O–H groups in total. The fraction of sp³-hybridized carbons (Fsp3) is 0.478. The molecule has 2 heterocycles. The van der Waals surface area contributed by atoms with Crippen molar-refractivity contribution in [3.8, 4) is 5.75 Å². The van der Waals surface area contributed by atoms with Gasteiger partial charge in [-0.15, -0.1) is 0 Å². The summed E-state index contributed by atoms with van der Waals surface area (Å²) in [6.07, 6.45) is 6.14. The number of hydrogen-bond donors (Lipinski definition) is 1. The molecule has 0 spiro atoms. The zero-order valence-electron chi connectivity index (χ0n) is 17.2. The van der Waals surface area contributed by atoms with Crippen LogP contribution in [0.5, 0.6) is 5.75 Å². The van der Waals surface area contributed by atoms with Gasteiger partial charge in [-0.3, -0.25) is 9.69 Å². The highest BCUT2D eigenvalue weighted by molar-refractivity contribution is 6.33. The highest BCUT2D eigenvalue weighted by atomic mass is 35.5. The molecule has 2 aromatic rings. The van der Waals surface area contributed by atoms with Gasteiger partial charge in [0.2, 0.25) is 0 Å². The summed E-state index contributed by atoms with van der Waals surface area (Å²) in [5.41, 5.74) is 0.535. The van der Waals surface area contributed by atoms with E-state index >= 15 is 0 Å². The van der Waals surface area contributed by atoms with Crippen LogP contribution in [0.1, 0.15) is 36.0 Å². The number of para-hydroxylation sites is 1. The van der Waals surface area contributed by atoms with Crippen molar-refractivity contribution in [3.63, 3.8) is 0 Å². The van der Waals surface area contributed by atoms with Gasteiger partial charge in [0, 0.05) is 45.0 Å². The van der Waals surface area contributed by atoms with Gasteiger partial charge in [0.1, 0.15) is 18.2 Å². The monoisotopic (exact) mass is 428 g/mol. The summed E-state index contributed by atoms with van der Waals surface area (Å²) in [6.45, 7) is 5.13. The maximum absolute atomic E-state index is 12.4. The first kappa shape index (κ1) is 20.9. The maximum atomic E-state index is 12.4. The Morgan fingerprint density at radius 3 is 2.57 bits per heavy atom. The van der Waals surface area contributed by atoms with Crippen LogP contribution in [0.4, 0.5) is 5.82 Å². The average Bonchev–Trinajstić information content (AvgIpc) is 3.28. The fourth-order valence-electron chi connectivity index (χ4n) is 4.12. The Morgan fingerprint density at radius 2 is 1.87 bits per heavy atom. The predicted molar refractivity (Wildman–Crippen MR) is 120 cm³/mol. The molecule has 1 saturated heterocycles. The van der Waals surface area contributed by atoms with Crippen molar-refractivity contribution >= 4 is 23.3 Å². The van der Waals surface area contributed by atoms with Gasteiger partial charge in [0.25, 0.3) is 5.91 Å². The maximum Gasteiger partial charge on any atom is 0.253 e. The van der Waals surface area contributed by atoms with E-state index in [-0.39, 0.29) is 11.9 Å². The molecule has 7 heteroatoms. The van der Waals surface area contributed by atoms with Crippen LogP contribution in [0.25, 0.3) is 0 Å². The Balaban J connectivity index is 1.25. The van der Waals surface area contributed by atoms with Crippen LogP contribution in [0.3, 0.4) is 0 Å². The molecule has 1 amide bonds. The zero-order valence-corrected chi connectivity index (χ0v) is 18.0. The number of nitrogens with one attached hydrogen (secondary N) is 1. The molecule has 160 valence electrons. The van der Waals surface area contributed by atoms with Crippen LogP contribution >= 0.6 is 11.6 Å². The standard InChI is InChI=1S/C23H29ClN4O2/c24-21-16-18(23(29)26-19-6-4-5-7-19)17-25-22(21)28-12-10-27(11-13-28)14-15-30-20-8-2-1-3-9-20/h1-3,8-9,16-17,19H,4-7,10-15H2,(H,26,29). The second-order valence-electron chi connectivity index (χ2n) is 7.97. The lowest BCUT2D eigenvalue weighted by Crippen LogP contribution is -2.47. The smallest absolute Gasteiger partial charge is 0.253 e. The van der Waals surface area contributed by atoms with E-state index in [2.05, 4.69) is 20.1 Å². The first-order valence-electron chi connectivity index (χ1n) is 10.8. The van der Waals surface area contributed by atoms with Crippen LogP contribution in [0, 0.1) is 0 Å². The van der Waals surface area contributed by atoms with E-state index in [1.807, 2.05) is 30.3 Å². The van der Waals surface area contributed by atoms with Crippen molar-refractivity contribution < 1.29 is 9.53 Å². The number of pyridine rings is 1. The summed E-state index contributed by atoms with van der Waals surface area (Å²) >= 11 is 6.49. The molecule has 0 bridgehead atoms. The normalized spacial score (nSPS) is 17.8. The number of rotatable bonds is 7. The number of carbonyl (C=O) groups is 1. The topological polar surface area (TPSA) is 57.7 Å². The number of piperazine rings is 1. The lowest BCUT2D eigenvalue weighted by atomic mass is 10.2. The molecule has 6 nitrogen and oxygen atoms in total. The SMILES string of the molecule is O=C(NC1CCCC1)c1cnc(N2CCN(CCOc3ccccc3)CC2)c(Cl)c1. The number of anilines is 1. The lowest BCUT2D eigenvalue weighted by molar-refractivity contribution is 0.0937. The second kappa shape index (κ2) is 10.1.